The van der Waals surface area contributed by atoms with Crippen LogP contribution in [0.15, 0.2) is 0 Å². The van der Waals surface area contributed by atoms with E-state index in [1.807, 2.05) is 11.9 Å². The largest absolute Gasteiger partial charge is 0.346 e. The molecule has 0 rings (SSSR count). The standard InChI is InChI=1S/C12H26N2O/c1-5-6-9-14(4)12(15)7-8-13-10-11(2)3/h11,13H,5-10H2,1-4H3. The van der Waals surface area contributed by atoms with Crippen LogP contribution in [0, 0.1) is 5.92 Å². The zero-order valence-electron chi connectivity index (χ0n) is 10.7. The van der Waals surface area contributed by atoms with E-state index in [0.717, 1.165) is 32.5 Å². The van der Waals surface area contributed by atoms with Gasteiger partial charge in [0.15, 0.2) is 0 Å². The summed E-state index contributed by atoms with van der Waals surface area (Å²) in [4.78, 5) is 13.4. The molecule has 0 saturated heterocycles. The first kappa shape index (κ1) is 14.4. The van der Waals surface area contributed by atoms with Crippen molar-refractivity contribution in [2.75, 3.05) is 26.7 Å². The second kappa shape index (κ2) is 8.72. The molecular weight excluding hydrogens is 188 g/mol. The highest BCUT2D eigenvalue weighted by Crippen LogP contribution is 1.95. The average Bonchev–Trinajstić information content (AvgIpc) is 2.20. The number of rotatable bonds is 8. The predicted octanol–water partition coefficient (Wildman–Crippen LogP) is 1.88. The van der Waals surface area contributed by atoms with Crippen LogP contribution in [0.5, 0.6) is 0 Å². The number of amides is 1. The first-order valence-corrected chi connectivity index (χ1v) is 6.02. The molecule has 0 bridgehead atoms. The molecule has 0 spiro atoms. The van der Waals surface area contributed by atoms with Crippen molar-refractivity contribution >= 4 is 5.91 Å². The van der Waals surface area contributed by atoms with Gasteiger partial charge >= 0.3 is 0 Å². The molecule has 0 aromatic carbocycles. The van der Waals surface area contributed by atoms with Crippen LogP contribution in [0.4, 0.5) is 0 Å². The van der Waals surface area contributed by atoms with Gasteiger partial charge in [-0.1, -0.05) is 27.2 Å². The molecule has 0 aromatic heterocycles. The molecule has 15 heavy (non-hydrogen) atoms. The van der Waals surface area contributed by atoms with Crippen LogP contribution in [-0.4, -0.2) is 37.5 Å². The minimum atomic E-state index is 0.250. The van der Waals surface area contributed by atoms with Gasteiger partial charge in [-0.2, -0.15) is 0 Å². The Morgan fingerprint density at radius 3 is 2.60 bits per heavy atom. The van der Waals surface area contributed by atoms with Crippen LogP contribution in [0.3, 0.4) is 0 Å². The van der Waals surface area contributed by atoms with Gasteiger partial charge in [-0.05, 0) is 18.9 Å². The molecule has 1 N–H and O–H groups in total. The number of carbonyl (C=O) groups excluding carboxylic acids is 1. The van der Waals surface area contributed by atoms with Crippen molar-refractivity contribution in [1.82, 2.24) is 10.2 Å². The van der Waals surface area contributed by atoms with Crippen LogP contribution in [0.25, 0.3) is 0 Å². The normalized spacial score (nSPS) is 10.7. The number of nitrogens with one attached hydrogen (secondary N) is 1. The van der Waals surface area contributed by atoms with Gasteiger partial charge in [0, 0.05) is 26.6 Å². The van der Waals surface area contributed by atoms with E-state index in [2.05, 4.69) is 26.1 Å². The van der Waals surface area contributed by atoms with Crippen LogP contribution >= 0.6 is 0 Å². The maximum absolute atomic E-state index is 11.6. The fraction of sp³-hybridized carbons (Fsp3) is 0.917. The van der Waals surface area contributed by atoms with Crippen molar-refractivity contribution in [3.05, 3.63) is 0 Å². The lowest BCUT2D eigenvalue weighted by molar-refractivity contribution is -0.129. The van der Waals surface area contributed by atoms with Gasteiger partial charge in [-0.15, -0.1) is 0 Å². The Morgan fingerprint density at radius 1 is 1.40 bits per heavy atom. The van der Waals surface area contributed by atoms with Gasteiger partial charge in [-0.3, -0.25) is 4.79 Å². The van der Waals surface area contributed by atoms with Crippen LogP contribution in [-0.2, 0) is 4.79 Å². The summed E-state index contributed by atoms with van der Waals surface area (Å²) in [6, 6.07) is 0. The SMILES string of the molecule is CCCCN(C)C(=O)CCNCC(C)C. The molecule has 1 amide bonds. The number of hydrogen-bond donors (Lipinski definition) is 1. The Hall–Kier alpha value is -0.570. The van der Waals surface area contributed by atoms with Crippen LogP contribution in [0.1, 0.15) is 40.0 Å². The average molecular weight is 214 g/mol. The monoisotopic (exact) mass is 214 g/mol. The number of carbonyl (C=O) groups is 1. The van der Waals surface area contributed by atoms with Gasteiger partial charge < -0.3 is 10.2 Å². The minimum Gasteiger partial charge on any atom is -0.346 e. The van der Waals surface area contributed by atoms with Crippen molar-refractivity contribution in [2.24, 2.45) is 5.92 Å². The molecule has 90 valence electrons. The molecule has 0 heterocycles. The van der Waals surface area contributed by atoms with Gasteiger partial charge in [-0.25, -0.2) is 0 Å². The van der Waals surface area contributed by atoms with Gasteiger partial charge in [0.05, 0.1) is 0 Å². The highest BCUT2D eigenvalue weighted by Gasteiger charge is 2.06. The topological polar surface area (TPSA) is 32.3 Å². The van der Waals surface area contributed by atoms with E-state index in [1.54, 1.807) is 0 Å². The molecule has 0 fully saturated rings. The zero-order chi connectivity index (χ0) is 11.7. The lowest BCUT2D eigenvalue weighted by atomic mass is 10.2. The van der Waals surface area contributed by atoms with E-state index in [4.69, 9.17) is 0 Å². The first-order valence-electron chi connectivity index (χ1n) is 6.02. The highest BCUT2D eigenvalue weighted by molar-refractivity contribution is 5.75. The van der Waals surface area contributed by atoms with E-state index in [9.17, 15) is 4.79 Å². The van der Waals surface area contributed by atoms with Gasteiger partial charge in [0.1, 0.15) is 0 Å². The van der Waals surface area contributed by atoms with E-state index in [0.29, 0.717) is 12.3 Å². The Bertz CT molecular complexity index is 169. The van der Waals surface area contributed by atoms with Crippen molar-refractivity contribution in [3.8, 4) is 0 Å². The summed E-state index contributed by atoms with van der Waals surface area (Å²) in [5.41, 5.74) is 0. The third-order valence-electron chi connectivity index (χ3n) is 2.34. The highest BCUT2D eigenvalue weighted by atomic mass is 16.2. The molecule has 0 aliphatic carbocycles. The zero-order valence-corrected chi connectivity index (χ0v) is 10.7. The second-order valence-corrected chi connectivity index (χ2v) is 4.52. The first-order chi connectivity index (χ1) is 7.07. The molecule has 3 heteroatoms. The maximum atomic E-state index is 11.6. The van der Waals surface area contributed by atoms with Gasteiger partial charge in [0.25, 0.3) is 0 Å². The number of unbranched alkanes of at least 4 members (excludes halogenated alkanes) is 1. The Balaban J connectivity index is 3.47. The molecule has 0 aliphatic rings. The van der Waals surface area contributed by atoms with E-state index in [-0.39, 0.29) is 5.91 Å². The van der Waals surface area contributed by atoms with E-state index in [1.165, 1.54) is 0 Å². The summed E-state index contributed by atoms with van der Waals surface area (Å²) in [5.74, 6) is 0.901. The number of hydrogen-bond acceptors (Lipinski definition) is 2. The third kappa shape index (κ3) is 8.43. The molecule has 0 radical (unpaired) electrons. The molecule has 0 aromatic rings. The summed E-state index contributed by atoms with van der Waals surface area (Å²) in [5, 5.41) is 3.28. The Labute approximate surface area is 94.2 Å². The summed E-state index contributed by atoms with van der Waals surface area (Å²) >= 11 is 0. The Morgan fingerprint density at radius 2 is 2.07 bits per heavy atom. The summed E-state index contributed by atoms with van der Waals surface area (Å²) < 4.78 is 0. The molecule has 3 nitrogen and oxygen atoms in total. The predicted molar refractivity (Wildman–Crippen MR) is 64.9 cm³/mol. The van der Waals surface area contributed by atoms with E-state index < -0.39 is 0 Å². The van der Waals surface area contributed by atoms with Crippen molar-refractivity contribution < 1.29 is 4.79 Å². The lowest BCUT2D eigenvalue weighted by Crippen LogP contribution is -2.31. The van der Waals surface area contributed by atoms with Crippen molar-refractivity contribution in [2.45, 2.75) is 40.0 Å². The Kier molecular flexibility index (Phi) is 8.38. The summed E-state index contributed by atoms with van der Waals surface area (Å²) in [7, 11) is 1.89. The smallest absolute Gasteiger partial charge is 0.223 e. The van der Waals surface area contributed by atoms with Crippen LogP contribution < -0.4 is 5.32 Å². The fourth-order valence-electron chi connectivity index (χ4n) is 1.30. The lowest BCUT2D eigenvalue weighted by Gasteiger charge is -2.17. The molecule has 0 unspecified atom stereocenters. The molecule has 0 atom stereocenters. The van der Waals surface area contributed by atoms with Crippen molar-refractivity contribution in [1.29, 1.82) is 0 Å². The molecular formula is C12H26N2O. The third-order valence-corrected chi connectivity index (χ3v) is 2.34. The summed E-state index contributed by atoms with van der Waals surface area (Å²) in [6.07, 6.45) is 2.86. The fourth-order valence-corrected chi connectivity index (χ4v) is 1.30. The maximum Gasteiger partial charge on any atom is 0.223 e. The molecule has 0 aliphatic heterocycles. The van der Waals surface area contributed by atoms with E-state index >= 15 is 0 Å². The summed E-state index contributed by atoms with van der Waals surface area (Å²) in [6.45, 7) is 9.16. The minimum absolute atomic E-state index is 0.250. The van der Waals surface area contributed by atoms with Gasteiger partial charge in [0.2, 0.25) is 5.91 Å². The van der Waals surface area contributed by atoms with Crippen molar-refractivity contribution in [3.63, 3.8) is 0 Å². The number of nitrogens with zero attached hydrogens (tertiary/aromatic N) is 1. The van der Waals surface area contributed by atoms with Crippen LogP contribution in [0.2, 0.25) is 0 Å². The molecule has 0 saturated carbocycles. The quantitative estimate of drug-likeness (QED) is 0.626. The second-order valence-electron chi connectivity index (χ2n) is 4.52.